The van der Waals surface area contributed by atoms with Gasteiger partial charge in [-0.05, 0) is 35.7 Å². The van der Waals surface area contributed by atoms with E-state index in [1.807, 2.05) is 42.5 Å². The maximum atomic E-state index is 11.7. The van der Waals surface area contributed by atoms with E-state index in [1.165, 1.54) is 6.92 Å². The average Bonchev–Trinajstić information content (AvgIpc) is 3.30. The molecule has 182 valence electrons. The third-order valence-corrected chi connectivity index (χ3v) is 5.51. The quantitative estimate of drug-likeness (QED) is 0.187. The number of fused-ring (bicyclic) bond motifs is 1. The molecule has 0 saturated heterocycles. The summed E-state index contributed by atoms with van der Waals surface area (Å²) in [6.07, 6.45) is 0.874. The first-order valence-electron chi connectivity index (χ1n) is 10.7. The Hall–Kier alpha value is -5.13. The number of nitrogens with zero attached hydrogens (tertiary/aromatic N) is 4. The van der Waals surface area contributed by atoms with E-state index in [9.17, 15) is 30.1 Å². The van der Waals surface area contributed by atoms with Crippen LogP contribution in [0.1, 0.15) is 34.3 Å². The predicted molar refractivity (Wildman–Crippen MR) is 130 cm³/mol. The van der Waals surface area contributed by atoms with Gasteiger partial charge in [0.15, 0.2) is 0 Å². The minimum atomic E-state index is -1.32. The second-order valence-electron chi connectivity index (χ2n) is 7.84. The Morgan fingerprint density at radius 2 is 1.78 bits per heavy atom. The number of anilines is 1. The maximum Gasteiger partial charge on any atom is 0.358 e. The van der Waals surface area contributed by atoms with Crippen molar-refractivity contribution in [2.24, 2.45) is 5.10 Å². The van der Waals surface area contributed by atoms with E-state index >= 15 is 0 Å². The van der Waals surface area contributed by atoms with E-state index in [2.05, 4.69) is 15.7 Å². The van der Waals surface area contributed by atoms with Crippen LogP contribution in [0.5, 0.6) is 0 Å². The third kappa shape index (κ3) is 5.01. The van der Waals surface area contributed by atoms with Crippen molar-refractivity contribution in [1.82, 2.24) is 5.16 Å². The summed E-state index contributed by atoms with van der Waals surface area (Å²) in [6, 6.07) is 17.0. The number of nitrogens with one attached hydrogen (secondary N) is 1. The van der Waals surface area contributed by atoms with Gasteiger partial charge in [-0.3, -0.25) is 25.7 Å². The lowest BCUT2D eigenvalue weighted by Gasteiger charge is -2.06. The van der Waals surface area contributed by atoms with Crippen molar-refractivity contribution in [2.75, 3.05) is 5.43 Å². The summed E-state index contributed by atoms with van der Waals surface area (Å²) in [7, 11) is 0. The molecule has 0 unspecified atom stereocenters. The zero-order valence-corrected chi connectivity index (χ0v) is 18.9. The van der Waals surface area contributed by atoms with Gasteiger partial charge in [-0.15, -0.1) is 0 Å². The second-order valence-corrected chi connectivity index (χ2v) is 7.84. The summed E-state index contributed by atoms with van der Waals surface area (Å²) in [5.74, 6) is -1.02. The van der Waals surface area contributed by atoms with Crippen molar-refractivity contribution in [3.05, 3.63) is 103 Å². The minimum absolute atomic E-state index is 0.101. The minimum Gasteiger partial charge on any atom is -0.476 e. The zero-order chi connectivity index (χ0) is 25.8. The van der Waals surface area contributed by atoms with Crippen molar-refractivity contribution in [2.45, 2.75) is 19.8 Å². The average molecular weight is 489 g/mol. The number of aromatic carboxylic acids is 1. The van der Waals surface area contributed by atoms with Crippen molar-refractivity contribution in [3.63, 3.8) is 0 Å². The van der Waals surface area contributed by atoms with Crippen LogP contribution in [-0.2, 0) is 12.8 Å². The number of rotatable bonds is 9. The molecular formula is C24H19N5O7. The molecule has 0 fully saturated rings. The number of hydrogen-bond donors (Lipinski definition) is 2. The van der Waals surface area contributed by atoms with Gasteiger partial charge >= 0.3 is 11.7 Å². The van der Waals surface area contributed by atoms with Crippen LogP contribution >= 0.6 is 0 Å². The Morgan fingerprint density at radius 1 is 1.03 bits per heavy atom. The van der Waals surface area contributed by atoms with Gasteiger partial charge in [-0.1, -0.05) is 47.6 Å². The molecule has 3 aromatic carbocycles. The number of carbonyl (C=O) groups is 1. The largest absolute Gasteiger partial charge is 0.476 e. The molecule has 0 aliphatic heterocycles. The number of hydrazone groups is 1. The lowest BCUT2D eigenvalue weighted by atomic mass is 10.0. The Balaban J connectivity index is 1.61. The summed E-state index contributed by atoms with van der Waals surface area (Å²) in [4.78, 5) is 32.5. The molecule has 12 nitrogen and oxygen atoms in total. The van der Waals surface area contributed by atoms with Gasteiger partial charge in [0, 0.05) is 12.5 Å². The van der Waals surface area contributed by atoms with Crippen molar-refractivity contribution >= 4 is 39.5 Å². The Bertz CT molecular complexity index is 1530. The predicted octanol–water partition coefficient (Wildman–Crippen LogP) is 4.96. The highest BCUT2D eigenvalue weighted by atomic mass is 16.6. The van der Waals surface area contributed by atoms with Gasteiger partial charge in [0.2, 0.25) is 5.69 Å². The first-order valence-corrected chi connectivity index (χ1v) is 10.7. The Kier molecular flexibility index (Phi) is 6.68. The topological polar surface area (TPSA) is 174 Å². The molecule has 0 aliphatic rings. The third-order valence-electron chi connectivity index (χ3n) is 5.51. The number of carboxylic acid groups (broad SMARTS) is 1. The van der Waals surface area contributed by atoms with Crippen LogP contribution < -0.4 is 5.43 Å². The molecule has 0 atom stereocenters. The number of aryl methyl sites for hydroxylation is 2. The normalized spacial score (nSPS) is 11.4. The molecule has 36 heavy (non-hydrogen) atoms. The number of carboxylic acids is 1. The number of hydrogen-bond acceptors (Lipinski definition) is 9. The van der Waals surface area contributed by atoms with Gasteiger partial charge in [-0.25, -0.2) is 4.79 Å². The monoisotopic (exact) mass is 489 g/mol. The van der Waals surface area contributed by atoms with Crippen LogP contribution in [0.3, 0.4) is 0 Å². The van der Waals surface area contributed by atoms with Gasteiger partial charge in [-0.2, -0.15) is 5.10 Å². The van der Waals surface area contributed by atoms with Crippen molar-refractivity contribution in [3.8, 4) is 0 Å². The highest BCUT2D eigenvalue weighted by Crippen LogP contribution is 2.29. The van der Waals surface area contributed by atoms with Crippen LogP contribution in [0.25, 0.3) is 10.8 Å². The van der Waals surface area contributed by atoms with Crippen LogP contribution in [0.4, 0.5) is 17.1 Å². The van der Waals surface area contributed by atoms with Crippen LogP contribution in [0.15, 0.2) is 70.3 Å². The smallest absolute Gasteiger partial charge is 0.358 e. The Labute approximate surface area is 203 Å². The molecular weight excluding hydrogens is 470 g/mol. The summed E-state index contributed by atoms with van der Waals surface area (Å²) < 4.78 is 5.32. The number of benzene rings is 3. The summed E-state index contributed by atoms with van der Waals surface area (Å²) in [5.41, 5.74) is 2.38. The fourth-order valence-corrected chi connectivity index (χ4v) is 3.75. The van der Waals surface area contributed by atoms with Crippen LogP contribution in [0, 0.1) is 20.2 Å². The van der Waals surface area contributed by atoms with Gasteiger partial charge in [0.25, 0.3) is 5.69 Å². The molecule has 2 N–H and O–H groups in total. The molecule has 0 spiro atoms. The molecule has 0 bridgehead atoms. The lowest BCUT2D eigenvalue weighted by molar-refractivity contribution is -0.393. The molecule has 1 heterocycles. The van der Waals surface area contributed by atoms with E-state index in [0.29, 0.717) is 18.6 Å². The summed E-state index contributed by atoms with van der Waals surface area (Å²) >= 11 is 0. The fourth-order valence-electron chi connectivity index (χ4n) is 3.75. The van der Waals surface area contributed by atoms with Crippen molar-refractivity contribution < 1.29 is 24.3 Å². The van der Waals surface area contributed by atoms with E-state index in [4.69, 9.17) is 4.52 Å². The summed E-state index contributed by atoms with van der Waals surface area (Å²) in [5, 5.41) is 41.8. The van der Waals surface area contributed by atoms with Gasteiger partial charge in [0.1, 0.15) is 11.4 Å². The van der Waals surface area contributed by atoms with E-state index in [0.717, 1.165) is 34.5 Å². The molecule has 4 rings (SSSR count). The summed E-state index contributed by atoms with van der Waals surface area (Å²) in [6.45, 7) is 1.50. The maximum absolute atomic E-state index is 11.7. The first kappa shape index (κ1) is 24.0. The highest BCUT2D eigenvalue weighted by Gasteiger charge is 2.24. The standard InChI is InChI=1S/C24H19N5O7/c1-14(25-26-19-10-9-18(28(32)33)13-20(19)29(34)35)22-21(36-27-23(22)24(30)31)11-7-15-6-8-16-4-2-3-5-17(16)12-15/h2-6,8-10,12-13,26H,7,11H2,1H3,(H,30,31)/b25-14+. The molecule has 0 saturated carbocycles. The number of aromatic nitrogens is 1. The van der Waals surface area contributed by atoms with Gasteiger partial charge < -0.3 is 9.63 Å². The second kappa shape index (κ2) is 10.0. The highest BCUT2D eigenvalue weighted by molar-refractivity contribution is 6.07. The first-order chi connectivity index (χ1) is 17.2. The SMILES string of the molecule is C/C(=N\Nc1ccc([N+](=O)[O-])cc1[N+](=O)[O-])c1c(C(=O)O)noc1CCc1ccc2ccccc2c1. The molecule has 0 radical (unpaired) electrons. The lowest BCUT2D eigenvalue weighted by Crippen LogP contribution is -2.10. The molecule has 1 aromatic heterocycles. The fraction of sp³-hybridized carbons (Fsp3) is 0.125. The van der Waals surface area contributed by atoms with Gasteiger partial charge in [0.05, 0.1) is 27.2 Å². The molecule has 0 aliphatic carbocycles. The zero-order valence-electron chi connectivity index (χ0n) is 18.9. The van der Waals surface area contributed by atoms with E-state index in [-0.39, 0.29) is 22.7 Å². The van der Waals surface area contributed by atoms with E-state index in [1.54, 1.807) is 0 Å². The number of nitro benzene ring substituents is 2. The van der Waals surface area contributed by atoms with Crippen molar-refractivity contribution in [1.29, 1.82) is 0 Å². The number of nitro groups is 2. The van der Waals surface area contributed by atoms with Crippen LogP contribution in [-0.4, -0.2) is 31.8 Å². The Morgan fingerprint density at radius 3 is 2.47 bits per heavy atom. The molecule has 4 aromatic rings. The molecule has 0 amide bonds. The number of non-ortho nitro benzene ring substituents is 1. The molecule has 12 heteroatoms. The van der Waals surface area contributed by atoms with E-state index < -0.39 is 27.2 Å². The van der Waals surface area contributed by atoms with Crippen LogP contribution in [0.2, 0.25) is 0 Å².